The second-order valence-corrected chi connectivity index (χ2v) is 11.0. The van der Waals surface area contributed by atoms with Crippen molar-refractivity contribution in [3.8, 4) is 10.4 Å². The van der Waals surface area contributed by atoms with Crippen LogP contribution in [-0.2, 0) is 10.2 Å². The zero-order valence-corrected chi connectivity index (χ0v) is 23.5. The molecule has 1 heterocycles. The number of nitrogens with zero attached hydrogens (tertiary/aromatic N) is 2. The number of alkyl halides is 6. The van der Waals surface area contributed by atoms with Crippen molar-refractivity contribution >= 4 is 52.3 Å². The summed E-state index contributed by atoms with van der Waals surface area (Å²) in [6, 6.07) is 0.954. The van der Waals surface area contributed by atoms with E-state index in [1.54, 1.807) is 13.8 Å². The molecule has 0 unspecified atom stereocenters. The number of carboxylic acids is 1. The molecule has 2 N–H and O–H groups in total. The average molecular weight is 634 g/mol. The fourth-order valence-electron chi connectivity index (χ4n) is 4.17. The number of benzene rings is 1. The minimum atomic E-state index is -5.78. The lowest BCUT2D eigenvalue weighted by atomic mass is 9.80. The minimum Gasteiger partial charge on any atom is -0.481 e. The number of halogens is 8. The number of thiazole rings is 1. The third-order valence-electron chi connectivity index (χ3n) is 6.90. The van der Waals surface area contributed by atoms with Gasteiger partial charge in [0, 0.05) is 24.7 Å². The molecule has 220 valence electrons. The molecule has 0 bridgehead atoms. The van der Waals surface area contributed by atoms with E-state index in [0.717, 1.165) is 6.07 Å². The third-order valence-corrected chi connectivity index (χ3v) is 8.87. The monoisotopic (exact) mass is 633 g/mol. The lowest BCUT2D eigenvalue weighted by Gasteiger charge is -2.35. The molecular weight excluding hydrogens is 611 g/mol. The summed E-state index contributed by atoms with van der Waals surface area (Å²) in [7, 11) is 0. The molecule has 1 aliphatic rings. The van der Waals surface area contributed by atoms with Crippen LogP contribution in [0.15, 0.2) is 12.1 Å². The fourth-order valence-corrected chi connectivity index (χ4v) is 5.83. The van der Waals surface area contributed by atoms with Crippen molar-refractivity contribution in [2.45, 2.75) is 57.4 Å². The first-order chi connectivity index (χ1) is 18.4. The Morgan fingerprint density at radius 1 is 1.05 bits per heavy atom. The van der Waals surface area contributed by atoms with E-state index in [0.29, 0.717) is 17.4 Å². The highest BCUT2D eigenvalue weighted by atomic mass is 35.5. The van der Waals surface area contributed by atoms with Crippen LogP contribution in [0.4, 0.5) is 26.3 Å². The van der Waals surface area contributed by atoms with E-state index in [4.69, 9.17) is 28.3 Å². The smallest absolute Gasteiger partial charge is 0.406 e. The number of rotatable bonds is 8. The largest absolute Gasteiger partial charge is 0.481 e. The molecule has 0 spiro atoms. The van der Waals surface area contributed by atoms with Crippen molar-refractivity contribution in [1.82, 2.24) is 15.2 Å². The van der Waals surface area contributed by atoms with Crippen molar-refractivity contribution in [2.24, 2.45) is 5.92 Å². The number of aromatic nitrogens is 1. The number of carboxylic acid groups (broad SMARTS) is 1. The molecule has 2 aromatic rings. The Labute approximate surface area is 238 Å². The topological polar surface area (TPSA) is 99.6 Å². The fraction of sp³-hybridized carbons (Fsp3) is 0.500. The minimum absolute atomic E-state index is 0.0515. The average Bonchev–Trinajstić information content (AvgIpc) is 3.26. The van der Waals surface area contributed by atoms with Gasteiger partial charge in [0.2, 0.25) is 0 Å². The molecule has 16 heteroatoms. The second kappa shape index (κ2) is 11.4. The number of nitrogens with one attached hydrogen (secondary N) is 1. The number of hydrogen-bond acceptors (Lipinski definition) is 5. The number of aliphatic carboxylic acids is 1. The summed E-state index contributed by atoms with van der Waals surface area (Å²) in [6.45, 7) is 3.75. The molecule has 40 heavy (non-hydrogen) atoms. The normalized spacial score (nSPS) is 17.8. The highest BCUT2D eigenvalue weighted by Crippen LogP contribution is 2.55. The van der Waals surface area contributed by atoms with Gasteiger partial charge in [-0.2, -0.15) is 26.3 Å². The Balaban J connectivity index is 2.12. The summed E-state index contributed by atoms with van der Waals surface area (Å²) in [6.07, 6.45) is -11.2. The van der Waals surface area contributed by atoms with Crippen molar-refractivity contribution in [3.05, 3.63) is 38.4 Å². The molecule has 2 amide bonds. The predicted molar refractivity (Wildman–Crippen MR) is 136 cm³/mol. The van der Waals surface area contributed by atoms with Crippen molar-refractivity contribution in [1.29, 1.82) is 0 Å². The maximum Gasteiger partial charge on any atom is 0.406 e. The summed E-state index contributed by atoms with van der Waals surface area (Å²) < 4.78 is 82.2. The Bertz CT molecular complexity index is 1310. The van der Waals surface area contributed by atoms with E-state index in [2.05, 4.69) is 10.3 Å². The first-order valence-electron chi connectivity index (χ1n) is 11.8. The van der Waals surface area contributed by atoms with E-state index < -0.39 is 63.1 Å². The van der Waals surface area contributed by atoms with E-state index >= 15 is 0 Å². The highest BCUT2D eigenvalue weighted by molar-refractivity contribution is 7.17. The van der Waals surface area contributed by atoms with Crippen LogP contribution in [0.5, 0.6) is 0 Å². The van der Waals surface area contributed by atoms with Gasteiger partial charge < -0.3 is 15.3 Å². The molecule has 0 radical (unpaired) electrons. The van der Waals surface area contributed by atoms with E-state index in [1.165, 1.54) is 4.90 Å². The third kappa shape index (κ3) is 5.62. The van der Waals surface area contributed by atoms with Crippen LogP contribution in [-0.4, -0.2) is 64.3 Å². The Kier molecular flexibility index (Phi) is 9.07. The van der Waals surface area contributed by atoms with Gasteiger partial charge in [-0.25, -0.2) is 4.98 Å². The van der Waals surface area contributed by atoms with Crippen molar-refractivity contribution in [2.75, 3.05) is 13.1 Å². The maximum absolute atomic E-state index is 13.7. The van der Waals surface area contributed by atoms with Crippen LogP contribution < -0.4 is 5.32 Å². The van der Waals surface area contributed by atoms with Gasteiger partial charge in [-0.15, -0.1) is 11.3 Å². The van der Waals surface area contributed by atoms with Crippen LogP contribution in [0.25, 0.3) is 10.4 Å². The molecule has 0 aliphatic heterocycles. The maximum atomic E-state index is 13.7. The Hall–Kier alpha value is -2.58. The first-order valence-corrected chi connectivity index (χ1v) is 13.4. The second-order valence-electron chi connectivity index (χ2n) is 9.26. The van der Waals surface area contributed by atoms with Gasteiger partial charge >= 0.3 is 18.3 Å². The number of hydrogen-bond donors (Lipinski definition) is 2. The van der Waals surface area contributed by atoms with Gasteiger partial charge in [-0.3, -0.25) is 14.4 Å². The molecule has 1 aliphatic carbocycles. The van der Waals surface area contributed by atoms with Crippen LogP contribution in [0.3, 0.4) is 0 Å². The van der Waals surface area contributed by atoms with Gasteiger partial charge in [0.1, 0.15) is 5.69 Å². The van der Waals surface area contributed by atoms with Gasteiger partial charge in [-0.05, 0) is 39.2 Å². The Morgan fingerprint density at radius 3 is 2.08 bits per heavy atom. The molecule has 3 rings (SSSR count). The zero-order chi connectivity index (χ0) is 30.4. The van der Waals surface area contributed by atoms with Crippen LogP contribution in [0.1, 0.15) is 59.5 Å². The molecule has 7 nitrogen and oxygen atoms in total. The van der Waals surface area contributed by atoms with E-state index in [1.807, 2.05) is 0 Å². The van der Waals surface area contributed by atoms with Crippen molar-refractivity contribution in [3.63, 3.8) is 0 Å². The SMILES string of the molecule is CCN(CC)C(=O)c1nc(C(=O)NC2CC(C(=O)O)C2)sc1-c1ccc(C(C)(C(F)(F)F)C(F)(F)F)c(Cl)c1Cl. The van der Waals surface area contributed by atoms with Gasteiger partial charge in [0.25, 0.3) is 11.8 Å². The quantitative estimate of drug-likeness (QED) is 0.320. The van der Waals surface area contributed by atoms with Crippen LogP contribution in [0.2, 0.25) is 10.0 Å². The van der Waals surface area contributed by atoms with Gasteiger partial charge in [-0.1, -0.05) is 35.3 Å². The molecule has 0 atom stereocenters. The molecule has 1 fully saturated rings. The summed E-state index contributed by atoms with van der Waals surface area (Å²) in [5, 5.41) is 9.68. The zero-order valence-electron chi connectivity index (χ0n) is 21.1. The lowest BCUT2D eigenvalue weighted by Crippen LogP contribution is -2.51. The summed E-state index contributed by atoms with van der Waals surface area (Å²) >= 11 is 12.9. The lowest BCUT2D eigenvalue weighted by molar-refractivity contribution is -0.297. The van der Waals surface area contributed by atoms with Crippen molar-refractivity contribution < 1.29 is 45.8 Å². The van der Waals surface area contributed by atoms with E-state index in [-0.39, 0.29) is 54.0 Å². The first kappa shape index (κ1) is 31.9. The molecule has 0 saturated heterocycles. The standard InChI is InChI=1S/C24H23Cl2F6N3O4S/c1-4-35(5-2)20(37)16-17(40-19(34-16)18(36)33-11-8-10(9-11)21(38)39)12-6-7-13(15(26)14(12)25)22(3,23(27,28)29)24(30,31)32/h6-7,10-11H,4-5,8-9H2,1-3H3,(H,33,36)(H,38,39). The highest BCUT2D eigenvalue weighted by Gasteiger charge is 2.69. The summed E-state index contributed by atoms with van der Waals surface area (Å²) in [4.78, 5) is 42.5. The summed E-state index contributed by atoms with van der Waals surface area (Å²) in [5.41, 5.74) is -6.17. The summed E-state index contributed by atoms with van der Waals surface area (Å²) in [5.74, 6) is -3.01. The van der Waals surface area contributed by atoms with Crippen LogP contribution in [0, 0.1) is 5.92 Å². The predicted octanol–water partition coefficient (Wildman–Crippen LogP) is 6.57. The van der Waals surface area contributed by atoms with E-state index in [9.17, 15) is 40.7 Å². The number of carbonyl (C=O) groups excluding carboxylic acids is 2. The van der Waals surface area contributed by atoms with Gasteiger partial charge in [0.15, 0.2) is 10.4 Å². The Morgan fingerprint density at radius 2 is 1.60 bits per heavy atom. The molecule has 1 aromatic heterocycles. The number of amides is 2. The number of carbonyl (C=O) groups is 3. The molecule has 1 aromatic carbocycles. The molecular formula is C24H23Cl2F6N3O4S. The van der Waals surface area contributed by atoms with Crippen LogP contribution >= 0.6 is 34.5 Å². The molecule has 1 saturated carbocycles. The van der Waals surface area contributed by atoms with Gasteiger partial charge in [0.05, 0.1) is 20.8 Å².